The maximum atomic E-state index is 12.7. The van der Waals surface area contributed by atoms with E-state index in [1.807, 2.05) is 24.0 Å². The molecule has 5 nitrogen and oxygen atoms in total. The van der Waals surface area contributed by atoms with E-state index in [0.717, 1.165) is 39.0 Å². The molecule has 1 aromatic rings. The van der Waals surface area contributed by atoms with Crippen LogP contribution in [0.5, 0.6) is 0 Å². The first kappa shape index (κ1) is 15.8. The molecule has 0 bridgehead atoms. The number of likely N-dealkylation sites (tertiary alicyclic amines) is 1. The average Bonchev–Trinajstić information content (AvgIpc) is 2.48. The number of aromatic nitrogens is 1. The third-order valence-corrected chi connectivity index (χ3v) is 3.91. The van der Waals surface area contributed by atoms with E-state index in [4.69, 9.17) is 0 Å². The van der Waals surface area contributed by atoms with E-state index in [1.54, 1.807) is 6.20 Å². The SMILES string of the molecule is CCNc1ncccc1C(=O)N1CCC(CN(C)C)CC1. The van der Waals surface area contributed by atoms with Gasteiger partial charge in [0.1, 0.15) is 5.82 Å². The first-order valence-electron chi connectivity index (χ1n) is 7.74. The van der Waals surface area contributed by atoms with Crippen LogP contribution < -0.4 is 5.32 Å². The summed E-state index contributed by atoms with van der Waals surface area (Å²) >= 11 is 0. The van der Waals surface area contributed by atoms with Crippen LogP contribution in [0.2, 0.25) is 0 Å². The molecule has 2 heterocycles. The maximum absolute atomic E-state index is 12.7. The van der Waals surface area contributed by atoms with Gasteiger partial charge in [-0.1, -0.05) is 0 Å². The summed E-state index contributed by atoms with van der Waals surface area (Å²) in [7, 11) is 4.21. The quantitative estimate of drug-likeness (QED) is 0.900. The summed E-state index contributed by atoms with van der Waals surface area (Å²) in [4.78, 5) is 21.1. The second-order valence-electron chi connectivity index (χ2n) is 5.93. The Morgan fingerprint density at radius 3 is 2.76 bits per heavy atom. The number of rotatable bonds is 5. The summed E-state index contributed by atoms with van der Waals surface area (Å²) in [5.41, 5.74) is 0.686. The minimum absolute atomic E-state index is 0.0994. The van der Waals surface area contributed by atoms with Gasteiger partial charge in [-0.15, -0.1) is 0 Å². The molecule has 1 fully saturated rings. The lowest BCUT2D eigenvalue weighted by atomic mass is 9.96. The molecule has 21 heavy (non-hydrogen) atoms. The van der Waals surface area contributed by atoms with Crippen molar-refractivity contribution in [1.82, 2.24) is 14.8 Å². The lowest BCUT2D eigenvalue weighted by Crippen LogP contribution is -2.40. The summed E-state index contributed by atoms with van der Waals surface area (Å²) in [6, 6.07) is 3.69. The molecule has 0 unspecified atom stereocenters. The van der Waals surface area contributed by atoms with Crippen molar-refractivity contribution in [2.75, 3.05) is 45.6 Å². The molecule has 0 radical (unpaired) electrons. The summed E-state index contributed by atoms with van der Waals surface area (Å²) in [5, 5.41) is 3.17. The van der Waals surface area contributed by atoms with Crippen molar-refractivity contribution < 1.29 is 4.79 Å². The molecule has 1 aromatic heterocycles. The zero-order chi connectivity index (χ0) is 15.2. The number of pyridine rings is 1. The van der Waals surface area contributed by atoms with Crippen LogP contribution in [0.3, 0.4) is 0 Å². The van der Waals surface area contributed by atoms with E-state index < -0.39 is 0 Å². The Labute approximate surface area is 127 Å². The van der Waals surface area contributed by atoms with Crippen molar-refractivity contribution >= 4 is 11.7 Å². The lowest BCUT2D eigenvalue weighted by Gasteiger charge is -2.33. The van der Waals surface area contributed by atoms with Gasteiger partial charge in [-0.05, 0) is 51.9 Å². The van der Waals surface area contributed by atoms with Gasteiger partial charge in [-0.2, -0.15) is 0 Å². The van der Waals surface area contributed by atoms with Crippen molar-refractivity contribution in [2.24, 2.45) is 5.92 Å². The molecule has 2 rings (SSSR count). The van der Waals surface area contributed by atoms with Crippen LogP contribution in [0.25, 0.3) is 0 Å². The van der Waals surface area contributed by atoms with Gasteiger partial charge in [0, 0.05) is 32.4 Å². The summed E-state index contributed by atoms with van der Waals surface area (Å²) in [6.07, 6.45) is 3.89. The van der Waals surface area contributed by atoms with Crippen LogP contribution in [0, 0.1) is 5.92 Å². The fourth-order valence-corrected chi connectivity index (χ4v) is 2.89. The number of carbonyl (C=O) groups excluding carboxylic acids is 1. The summed E-state index contributed by atoms with van der Waals surface area (Å²) < 4.78 is 0. The van der Waals surface area contributed by atoms with Crippen molar-refractivity contribution in [3.05, 3.63) is 23.9 Å². The van der Waals surface area contributed by atoms with Crippen LogP contribution in [-0.4, -0.2) is 61.0 Å². The molecule has 5 heteroatoms. The number of anilines is 1. The van der Waals surface area contributed by atoms with Crippen molar-refractivity contribution in [3.63, 3.8) is 0 Å². The minimum atomic E-state index is 0.0994. The fraction of sp³-hybridized carbons (Fsp3) is 0.625. The Morgan fingerprint density at radius 2 is 2.14 bits per heavy atom. The predicted octanol–water partition coefficient (Wildman–Crippen LogP) is 1.93. The highest BCUT2D eigenvalue weighted by molar-refractivity contribution is 5.98. The molecular weight excluding hydrogens is 264 g/mol. The molecule has 0 aromatic carbocycles. The van der Waals surface area contributed by atoms with Crippen LogP contribution in [0.4, 0.5) is 5.82 Å². The topological polar surface area (TPSA) is 48.5 Å². The molecule has 1 aliphatic heterocycles. The number of carbonyl (C=O) groups is 1. The zero-order valence-corrected chi connectivity index (χ0v) is 13.3. The van der Waals surface area contributed by atoms with E-state index in [0.29, 0.717) is 17.3 Å². The number of hydrogen-bond acceptors (Lipinski definition) is 4. The van der Waals surface area contributed by atoms with E-state index in [2.05, 4.69) is 29.3 Å². The second kappa shape index (κ2) is 7.41. The molecule has 0 atom stereocenters. The standard InChI is InChI=1S/C16H26N4O/c1-4-17-15-14(6-5-9-18-15)16(21)20-10-7-13(8-11-20)12-19(2)3/h5-6,9,13H,4,7-8,10-12H2,1-3H3,(H,17,18). The largest absolute Gasteiger partial charge is 0.370 e. The minimum Gasteiger partial charge on any atom is -0.370 e. The van der Waals surface area contributed by atoms with Crippen LogP contribution >= 0.6 is 0 Å². The van der Waals surface area contributed by atoms with Gasteiger partial charge >= 0.3 is 0 Å². The molecule has 0 saturated carbocycles. The number of amides is 1. The molecule has 1 N–H and O–H groups in total. The van der Waals surface area contributed by atoms with Gasteiger partial charge in [0.15, 0.2) is 0 Å². The van der Waals surface area contributed by atoms with Gasteiger partial charge in [-0.3, -0.25) is 4.79 Å². The van der Waals surface area contributed by atoms with Crippen molar-refractivity contribution in [3.8, 4) is 0 Å². The first-order chi connectivity index (χ1) is 10.1. The Hall–Kier alpha value is -1.62. The maximum Gasteiger partial charge on any atom is 0.257 e. The number of nitrogens with one attached hydrogen (secondary N) is 1. The normalized spacial score (nSPS) is 16.3. The number of hydrogen-bond donors (Lipinski definition) is 1. The molecular formula is C16H26N4O. The molecule has 116 valence electrons. The third kappa shape index (κ3) is 4.17. The van der Waals surface area contributed by atoms with E-state index in [1.165, 1.54) is 0 Å². The number of piperidine rings is 1. The van der Waals surface area contributed by atoms with Gasteiger partial charge in [0.2, 0.25) is 0 Å². The second-order valence-corrected chi connectivity index (χ2v) is 5.93. The van der Waals surface area contributed by atoms with Gasteiger partial charge < -0.3 is 15.1 Å². The highest BCUT2D eigenvalue weighted by Crippen LogP contribution is 2.21. The van der Waals surface area contributed by atoms with E-state index >= 15 is 0 Å². The molecule has 0 aliphatic carbocycles. The van der Waals surface area contributed by atoms with Crippen molar-refractivity contribution in [1.29, 1.82) is 0 Å². The van der Waals surface area contributed by atoms with Crippen molar-refractivity contribution in [2.45, 2.75) is 19.8 Å². The molecule has 1 saturated heterocycles. The Kier molecular flexibility index (Phi) is 5.56. The molecule has 1 amide bonds. The predicted molar refractivity (Wildman–Crippen MR) is 85.6 cm³/mol. The summed E-state index contributed by atoms with van der Waals surface area (Å²) in [5.74, 6) is 1.49. The summed E-state index contributed by atoms with van der Waals surface area (Å²) in [6.45, 7) is 5.57. The van der Waals surface area contributed by atoms with E-state index in [-0.39, 0.29) is 5.91 Å². The van der Waals surface area contributed by atoms with Crippen LogP contribution in [0.15, 0.2) is 18.3 Å². The zero-order valence-electron chi connectivity index (χ0n) is 13.3. The molecule has 1 aliphatic rings. The number of nitrogens with zero attached hydrogens (tertiary/aromatic N) is 3. The third-order valence-electron chi connectivity index (χ3n) is 3.91. The average molecular weight is 290 g/mol. The van der Waals surface area contributed by atoms with Gasteiger partial charge in [-0.25, -0.2) is 4.98 Å². The Balaban J connectivity index is 1.99. The van der Waals surface area contributed by atoms with Crippen LogP contribution in [0.1, 0.15) is 30.1 Å². The lowest BCUT2D eigenvalue weighted by molar-refractivity contribution is 0.0678. The highest BCUT2D eigenvalue weighted by atomic mass is 16.2. The Bertz CT molecular complexity index is 467. The molecule has 0 spiro atoms. The highest BCUT2D eigenvalue weighted by Gasteiger charge is 2.25. The van der Waals surface area contributed by atoms with Gasteiger partial charge in [0.05, 0.1) is 5.56 Å². The van der Waals surface area contributed by atoms with Gasteiger partial charge in [0.25, 0.3) is 5.91 Å². The Morgan fingerprint density at radius 1 is 1.43 bits per heavy atom. The monoisotopic (exact) mass is 290 g/mol. The van der Waals surface area contributed by atoms with Crippen LogP contribution in [-0.2, 0) is 0 Å². The smallest absolute Gasteiger partial charge is 0.257 e. The van der Waals surface area contributed by atoms with E-state index in [9.17, 15) is 4.79 Å². The fourth-order valence-electron chi connectivity index (χ4n) is 2.89. The first-order valence-corrected chi connectivity index (χ1v) is 7.74.